The van der Waals surface area contributed by atoms with E-state index in [0.29, 0.717) is 17.1 Å². The second kappa shape index (κ2) is 7.09. The molecule has 1 aromatic heterocycles. The Morgan fingerprint density at radius 3 is 2.61 bits per heavy atom. The van der Waals surface area contributed by atoms with E-state index in [1.165, 1.54) is 24.3 Å². The molecule has 10 heteroatoms. The first-order valence-electron chi connectivity index (χ1n) is 6.59. The van der Waals surface area contributed by atoms with E-state index in [0.717, 1.165) is 0 Å². The number of ketones is 1. The largest absolute Gasteiger partial charge is 1.00 e. The van der Waals surface area contributed by atoms with Crippen LogP contribution in [0.25, 0.3) is 0 Å². The quantitative estimate of drug-likeness (QED) is 0.235. The number of nitrogens with zero attached hydrogens (tertiary/aromatic N) is 4. The van der Waals surface area contributed by atoms with Gasteiger partial charge in [-0.3, -0.25) is 19.1 Å². The maximum atomic E-state index is 12.1. The lowest BCUT2D eigenvalue weighted by atomic mass is 10.1. The van der Waals surface area contributed by atoms with Crippen LogP contribution in [0.1, 0.15) is 16.4 Å². The Hall–Kier alpha value is -1.94. The molecular weight excluding hydrogens is 388 g/mol. The standard InChI is InChI=1S/C13H13N4O4S.BrH/c18-13(10-1-3-11(4-2-10)17(19)20)5-15-8-14-16(9-15)12-6-22(21)7-12;/h1-4,8-9,12H,5-7H2;1H/q+1;/p-1. The van der Waals surface area contributed by atoms with Crippen molar-refractivity contribution in [3.63, 3.8) is 0 Å². The van der Waals surface area contributed by atoms with Gasteiger partial charge >= 0.3 is 0 Å². The minimum absolute atomic E-state index is 0. The van der Waals surface area contributed by atoms with Crippen LogP contribution in [0.4, 0.5) is 5.69 Å². The second-order valence-electron chi connectivity index (χ2n) is 5.05. The SMILES string of the molecule is O=C(C[n+]1cnn(C2CS(=O)C2)c1)c1ccc([N+](=O)[O-])cc1.[Br-]. The van der Waals surface area contributed by atoms with Gasteiger partial charge in [-0.05, 0) is 12.1 Å². The number of rotatable bonds is 5. The highest BCUT2D eigenvalue weighted by Crippen LogP contribution is 2.18. The molecule has 0 radical (unpaired) electrons. The normalized spacial score (nSPS) is 19.5. The van der Waals surface area contributed by atoms with Gasteiger partial charge < -0.3 is 17.0 Å². The first-order chi connectivity index (χ1) is 10.5. The molecule has 1 aliphatic heterocycles. The van der Waals surface area contributed by atoms with Gasteiger partial charge in [0.2, 0.25) is 6.33 Å². The van der Waals surface area contributed by atoms with Crippen LogP contribution in [0.3, 0.4) is 0 Å². The molecule has 0 atom stereocenters. The average molecular weight is 401 g/mol. The Balaban J connectivity index is 0.00000192. The number of benzene rings is 1. The van der Waals surface area contributed by atoms with Gasteiger partial charge in [0.15, 0.2) is 5.78 Å². The Kier molecular flexibility index (Phi) is 5.37. The van der Waals surface area contributed by atoms with Crippen molar-refractivity contribution >= 4 is 22.3 Å². The van der Waals surface area contributed by atoms with Crippen molar-refractivity contribution in [1.82, 2.24) is 9.78 Å². The predicted molar refractivity (Wildman–Crippen MR) is 76.8 cm³/mol. The number of carbonyl (C=O) groups excluding carboxylic acids is 1. The molecule has 3 rings (SSSR count). The Morgan fingerprint density at radius 2 is 2.04 bits per heavy atom. The lowest BCUT2D eigenvalue weighted by molar-refractivity contribution is -0.684. The second-order valence-corrected chi connectivity index (χ2v) is 6.60. The summed E-state index contributed by atoms with van der Waals surface area (Å²) < 4.78 is 14.4. The smallest absolute Gasteiger partial charge is 0.269 e. The summed E-state index contributed by atoms with van der Waals surface area (Å²) in [5, 5.41) is 14.7. The topological polar surface area (TPSA) is 99.0 Å². The molecule has 0 aliphatic carbocycles. The molecule has 122 valence electrons. The molecule has 0 N–H and O–H groups in total. The van der Waals surface area contributed by atoms with Crippen molar-refractivity contribution in [2.24, 2.45) is 0 Å². The maximum absolute atomic E-state index is 12.1. The summed E-state index contributed by atoms with van der Waals surface area (Å²) in [5.74, 6) is 1.03. The number of halogens is 1. The molecule has 1 aliphatic rings. The molecule has 1 aromatic carbocycles. The van der Waals surface area contributed by atoms with Crippen LogP contribution in [-0.2, 0) is 17.3 Å². The van der Waals surface area contributed by atoms with E-state index in [4.69, 9.17) is 0 Å². The molecule has 1 fully saturated rings. The van der Waals surface area contributed by atoms with Crippen LogP contribution in [-0.4, -0.2) is 36.2 Å². The van der Waals surface area contributed by atoms with E-state index in [-0.39, 0.29) is 41.0 Å². The predicted octanol–water partition coefficient (Wildman–Crippen LogP) is -2.73. The van der Waals surface area contributed by atoms with Crippen LogP contribution in [0.2, 0.25) is 0 Å². The van der Waals surface area contributed by atoms with E-state index < -0.39 is 15.7 Å². The first-order valence-corrected chi connectivity index (χ1v) is 8.07. The monoisotopic (exact) mass is 400 g/mol. The van der Waals surface area contributed by atoms with Crippen molar-refractivity contribution in [2.75, 3.05) is 11.5 Å². The fraction of sp³-hybridized carbons (Fsp3) is 0.308. The minimum Gasteiger partial charge on any atom is -1.00 e. The van der Waals surface area contributed by atoms with Gasteiger partial charge in [-0.25, -0.2) is 4.57 Å². The van der Waals surface area contributed by atoms with Gasteiger partial charge in [0.1, 0.15) is 12.6 Å². The fourth-order valence-corrected chi connectivity index (χ4v) is 3.23. The van der Waals surface area contributed by atoms with Crippen LogP contribution in [0.15, 0.2) is 36.9 Å². The Bertz CT molecular complexity index is 754. The summed E-state index contributed by atoms with van der Waals surface area (Å²) in [7, 11) is -0.752. The van der Waals surface area contributed by atoms with Crippen LogP contribution in [0, 0.1) is 10.1 Å². The zero-order valence-corrected chi connectivity index (χ0v) is 14.3. The number of nitro benzene ring substituents is 1. The van der Waals surface area contributed by atoms with Crippen molar-refractivity contribution in [3.05, 3.63) is 52.6 Å². The van der Waals surface area contributed by atoms with Crippen molar-refractivity contribution in [1.29, 1.82) is 0 Å². The molecule has 0 bridgehead atoms. The summed E-state index contributed by atoms with van der Waals surface area (Å²) in [5.41, 5.74) is 0.366. The van der Waals surface area contributed by atoms with E-state index >= 15 is 0 Å². The fourth-order valence-electron chi connectivity index (χ4n) is 2.17. The molecule has 2 aromatic rings. The molecule has 0 unspecified atom stereocenters. The highest BCUT2D eigenvalue weighted by Gasteiger charge is 2.32. The Labute approximate surface area is 144 Å². The van der Waals surface area contributed by atoms with Gasteiger partial charge in [0.25, 0.3) is 12.0 Å². The number of hydrogen-bond acceptors (Lipinski definition) is 5. The molecule has 1 saturated heterocycles. The summed E-state index contributed by atoms with van der Waals surface area (Å²) in [6.45, 7) is 0.105. The number of aromatic nitrogens is 3. The van der Waals surface area contributed by atoms with Crippen LogP contribution in [0.5, 0.6) is 0 Å². The number of carbonyl (C=O) groups is 1. The van der Waals surface area contributed by atoms with Gasteiger partial charge in [-0.15, -0.1) is 4.68 Å². The molecule has 8 nitrogen and oxygen atoms in total. The number of Topliss-reactive ketones (excluding diaryl/α,β-unsaturated/α-hetero) is 1. The first kappa shape index (κ1) is 17.4. The van der Waals surface area contributed by atoms with Crippen LogP contribution >= 0.6 is 0 Å². The third-order valence-electron chi connectivity index (χ3n) is 3.46. The molecule has 2 heterocycles. The molecule has 0 amide bonds. The van der Waals surface area contributed by atoms with Gasteiger partial charge in [0.05, 0.1) is 16.4 Å². The number of nitro groups is 1. The number of non-ortho nitro benzene ring substituents is 1. The molecule has 0 saturated carbocycles. The Morgan fingerprint density at radius 1 is 1.39 bits per heavy atom. The van der Waals surface area contributed by atoms with E-state index in [1.54, 1.807) is 21.9 Å². The summed E-state index contributed by atoms with van der Waals surface area (Å²) in [6, 6.07) is 5.65. The highest BCUT2D eigenvalue weighted by atomic mass is 79.9. The van der Waals surface area contributed by atoms with Crippen LogP contribution < -0.4 is 21.5 Å². The highest BCUT2D eigenvalue weighted by molar-refractivity contribution is 7.86. The van der Waals surface area contributed by atoms with Gasteiger partial charge in [-0.1, -0.05) is 0 Å². The third-order valence-corrected chi connectivity index (χ3v) is 4.97. The molecule has 0 spiro atoms. The van der Waals surface area contributed by atoms with Crippen molar-refractivity contribution < 1.29 is 35.5 Å². The van der Waals surface area contributed by atoms with E-state index in [2.05, 4.69) is 5.10 Å². The van der Waals surface area contributed by atoms with E-state index in [1.807, 2.05) is 0 Å². The third kappa shape index (κ3) is 3.88. The maximum Gasteiger partial charge on any atom is 0.269 e. The summed E-state index contributed by atoms with van der Waals surface area (Å²) in [6.07, 6.45) is 3.26. The van der Waals surface area contributed by atoms with Gasteiger partial charge in [0, 0.05) is 33.6 Å². The molecule has 23 heavy (non-hydrogen) atoms. The van der Waals surface area contributed by atoms with Gasteiger partial charge in [-0.2, -0.15) is 0 Å². The van der Waals surface area contributed by atoms with E-state index in [9.17, 15) is 19.1 Å². The summed E-state index contributed by atoms with van der Waals surface area (Å²) >= 11 is 0. The average Bonchev–Trinajstić information content (AvgIpc) is 2.92. The van der Waals surface area contributed by atoms with Crippen molar-refractivity contribution in [2.45, 2.75) is 12.6 Å². The lowest BCUT2D eigenvalue weighted by Gasteiger charge is -2.19. The number of hydrogen-bond donors (Lipinski definition) is 0. The lowest BCUT2D eigenvalue weighted by Crippen LogP contribution is -3.00. The zero-order valence-electron chi connectivity index (χ0n) is 11.9. The molecular formula is C13H13BrN4O4S. The zero-order chi connectivity index (χ0) is 15.7. The minimum atomic E-state index is -0.752. The summed E-state index contributed by atoms with van der Waals surface area (Å²) in [4.78, 5) is 22.2. The van der Waals surface area contributed by atoms with Crippen molar-refractivity contribution in [3.8, 4) is 0 Å².